The number of hydrogen-bond donors (Lipinski definition) is 0. The summed E-state index contributed by atoms with van der Waals surface area (Å²) in [5.74, 6) is 1.75. The Labute approximate surface area is 527 Å². The molecule has 2 aliphatic heterocycles. The van der Waals surface area contributed by atoms with E-state index in [0.29, 0.717) is 0 Å². The molecule has 0 bridgehead atoms. The van der Waals surface area contributed by atoms with Crippen LogP contribution >= 0.6 is 38.8 Å². The fraction of sp³-hybridized carbons (Fsp3) is 0.310. The van der Waals surface area contributed by atoms with Crippen molar-refractivity contribution in [3.63, 3.8) is 0 Å². The van der Waals surface area contributed by atoms with E-state index in [1.165, 1.54) is 89.5 Å². The summed E-state index contributed by atoms with van der Waals surface area (Å²) >= 11 is -3.39. The molecule has 0 amide bonds. The second kappa shape index (κ2) is 34.4. The van der Waals surface area contributed by atoms with E-state index in [4.69, 9.17) is 48.2 Å². The third-order valence-electron chi connectivity index (χ3n) is 13.4. The molecule has 0 aliphatic carbocycles. The van der Waals surface area contributed by atoms with Gasteiger partial charge in [-0.3, -0.25) is 0 Å². The van der Waals surface area contributed by atoms with Gasteiger partial charge in [0.1, 0.15) is 5.75 Å². The zero-order chi connectivity index (χ0) is 60.4. The van der Waals surface area contributed by atoms with Crippen molar-refractivity contribution in [3.8, 4) is 11.5 Å². The number of halogens is 4. The number of hydrogen-bond acceptors (Lipinski definition) is 6. The molecule has 0 radical (unpaired) electrons. The minimum atomic E-state index is -1.77. The van der Waals surface area contributed by atoms with Crippen molar-refractivity contribution >= 4 is 76.8 Å². The van der Waals surface area contributed by atoms with Gasteiger partial charge in [0, 0.05) is 54.5 Å². The number of nitrogens with zero attached hydrogens (tertiary/aromatic N) is 4. The van der Waals surface area contributed by atoms with Crippen molar-refractivity contribution in [2.24, 2.45) is 0 Å². The molecule has 12 heteroatoms. The SMILES string of the molecule is C=Cc1ccccc1OC(C)C.CC(C)Oc1ccccc1[CH]=[Ru]([Cl])[Cl].Cc1cc(C)c(N2[CH-]N(c3c(C)cc(C)cc3C)CC2)c(C)c1.Cc1cc(C)c(N2[CH-]N(c3c(C)cc(C)cc3C)CC2)c(C)c1.[CH3-].[Cl][Ru]([Cl])=[CH]c1ccccc1. The number of ether oxygens (including phenoxy) is 2. The molecule has 2 fully saturated rings. The Kier molecular flexibility index (Phi) is 29.3. The predicted molar refractivity (Wildman–Crippen MR) is 362 cm³/mol. The predicted octanol–water partition coefficient (Wildman–Crippen LogP) is 19.8. The third kappa shape index (κ3) is 21.9. The molecule has 83 heavy (non-hydrogen) atoms. The quantitative estimate of drug-likeness (QED) is 0.0948. The maximum atomic E-state index is 5.82. The van der Waals surface area contributed by atoms with Gasteiger partial charge in [-0.2, -0.15) is 13.3 Å². The first-order valence-electron chi connectivity index (χ1n) is 27.8. The van der Waals surface area contributed by atoms with Gasteiger partial charge < -0.3 is 31.8 Å². The van der Waals surface area contributed by atoms with Crippen LogP contribution in [0.1, 0.15) is 111 Å². The van der Waals surface area contributed by atoms with Crippen LogP contribution in [-0.2, 0) is 27.0 Å². The van der Waals surface area contributed by atoms with Crippen molar-refractivity contribution in [1.82, 2.24) is 0 Å². The molecule has 7 aromatic rings. The van der Waals surface area contributed by atoms with Gasteiger partial charge in [0.05, 0.1) is 6.10 Å². The summed E-state index contributed by atoms with van der Waals surface area (Å²) in [7, 11) is 23.0. The molecule has 0 unspecified atom stereocenters. The summed E-state index contributed by atoms with van der Waals surface area (Å²) in [4.78, 5) is 9.62. The first-order chi connectivity index (χ1) is 38.8. The van der Waals surface area contributed by atoms with Gasteiger partial charge in [-0.25, -0.2) is 0 Å². The Hall–Kier alpha value is -4.77. The normalized spacial score (nSPS) is 12.8. The summed E-state index contributed by atoms with van der Waals surface area (Å²) < 4.78 is 15.0. The molecule has 9 rings (SSSR count). The topological polar surface area (TPSA) is 31.4 Å². The molecule has 0 atom stereocenters. The zero-order valence-electron chi connectivity index (χ0n) is 52.0. The molecule has 2 saturated heterocycles. The fourth-order valence-corrected chi connectivity index (χ4v) is 14.4. The van der Waals surface area contributed by atoms with E-state index in [0.717, 1.165) is 54.4 Å². The van der Waals surface area contributed by atoms with E-state index in [2.05, 4.69) is 171 Å². The van der Waals surface area contributed by atoms with Crippen molar-refractivity contribution in [2.45, 2.75) is 123 Å². The second-order valence-corrected chi connectivity index (χ2v) is 33.1. The molecule has 0 saturated carbocycles. The Morgan fingerprint density at radius 1 is 0.410 bits per heavy atom. The van der Waals surface area contributed by atoms with Gasteiger partial charge in [-0.05, 0) is 148 Å². The molecular formula is C71H89Cl4N4O2Ru2-3. The summed E-state index contributed by atoms with van der Waals surface area (Å²) in [6, 6.07) is 43.8. The van der Waals surface area contributed by atoms with Crippen LogP contribution < -0.4 is 29.1 Å². The molecule has 0 aromatic heterocycles. The summed E-state index contributed by atoms with van der Waals surface area (Å²) in [6.45, 7) is 46.9. The monoisotopic (exact) mass is 1370 g/mol. The van der Waals surface area contributed by atoms with Crippen LogP contribution in [0.4, 0.5) is 22.7 Å². The number of benzene rings is 7. The summed E-state index contributed by atoms with van der Waals surface area (Å²) in [6.07, 6.45) is 2.18. The van der Waals surface area contributed by atoms with Crippen molar-refractivity contribution in [2.75, 3.05) is 45.8 Å². The second-order valence-electron chi connectivity index (χ2n) is 21.6. The van der Waals surface area contributed by atoms with Crippen LogP contribution in [0.5, 0.6) is 11.5 Å². The van der Waals surface area contributed by atoms with E-state index in [9.17, 15) is 0 Å². The molecule has 0 N–H and O–H groups in total. The molecule has 6 nitrogen and oxygen atoms in total. The number of anilines is 4. The zero-order valence-corrected chi connectivity index (χ0v) is 58.5. The molecular weight excluding hydrogens is 1280 g/mol. The van der Waals surface area contributed by atoms with Crippen LogP contribution in [-0.4, -0.2) is 47.6 Å². The average Bonchev–Trinajstić information content (AvgIpc) is 3.97. The Morgan fingerprint density at radius 3 is 0.952 bits per heavy atom. The number of aryl methyl sites for hydroxylation is 12. The standard InChI is InChI=1S/2C21H27N2.C11H14O.C10H12O.C7H6.CH3.4ClH.2Ru/c2*1-14-9-16(3)20(17(4)10-14)22-7-8-23(13-22)21-18(5)11-15(2)12-19(21)6;1-4-10-7-5-6-8-11(10)12-9(2)3;1-8(2)11-10-7-5-4-6-9(10)3;1-7-5-3-2-4-6-7;;;;;;;/h2*9-13H,7-8H2,1-6H3;4-9H,1H2,2-3H3;3-8H,1-2H3;1-6H;1H3;4*1H;;/q2*-1;;;;-1;;;;;2*+2/p-4. The third-order valence-corrected chi connectivity index (χ3v) is 17.1. The van der Waals surface area contributed by atoms with Gasteiger partial charge in [-0.1, -0.05) is 102 Å². The molecule has 2 heterocycles. The van der Waals surface area contributed by atoms with E-state index in [1.807, 2.05) is 116 Å². The minimum absolute atomic E-state index is 0. The summed E-state index contributed by atoms with van der Waals surface area (Å²) in [5.41, 5.74) is 24.8. The molecule has 7 aromatic carbocycles. The Morgan fingerprint density at radius 2 is 0.675 bits per heavy atom. The van der Waals surface area contributed by atoms with Crippen LogP contribution in [0.25, 0.3) is 6.08 Å². The first kappa shape index (κ1) is 70.7. The van der Waals surface area contributed by atoms with Crippen LogP contribution in [0.3, 0.4) is 0 Å². The number of rotatable bonds is 11. The average molecular weight is 1370 g/mol. The van der Waals surface area contributed by atoms with E-state index in [-0.39, 0.29) is 19.6 Å². The van der Waals surface area contributed by atoms with Gasteiger partial charge >= 0.3 is 171 Å². The summed E-state index contributed by atoms with van der Waals surface area (Å²) in [5, 5.41) is 0. The van der Waals surface area contributed by atoms with E-state index in [1.54, 1.807) is 6.08 Å². The van der Waals surface area contributed by atoms with Crippen LogP contribution in [0.15, 0.2) is 134 Å². The van der Waals surface area contributed by atoms with Gasteiger partial charge in [0.2, 0.25) is 0 Å². The van der Waals surface area contributed by atoms with Gasteiger partial charge in [0.25, 0.3) is 0 Å². The van der Waals surface area contributed by atoms with Gasteiger partial charge in [0.15, 0.2) is 0 Å². The van der Waals surface area contributed by atoms with Crippen molar-refractivity contribution in [3.05, 3.63) is 238 Å². The van der Waals surface area contributed by atoms with Crippen LogP contribution in [0, 0.1) is 104 Å². The Balaban J connectivity index is 0.000000231. The molecule has 452 valence electrons. The van der Waals surface area contributed by atoms with E-state index < -0.39 is 27.0 Å². The van der Waals surface area contributed by atoms with Crippen LogP contribution in [0.2, 0.25) is 0 Å². The first-order valence-corrected chi connectivity index (χ1v) is 38.7. The fourth-order valence-electron chi connectivity index (χ4n) is 10.8. The van der Waals surface area contributed by atoms with Gasteiger partial charge in [-0.15, -0.1) is 0 Å². The number of para-hydroxylation sites is 2. The van der Waals surface area contributed by atoms with Crippen molar-refractivity contribution < 1.29 is 36.5 Å². The molecule has 2 aliphatic rings. The maximum absolute atomic E-state index is 5.82. The van der Waals surface area contributed by atoms with Crippen molar-refractivity contribution in [1.29, 1.82) is 0 Å². The van der Waals surface area contributed by atoms with E-state index >= 15 is 0 Å². The molecule has 0 spiro atoms. The Bertz CT molecular complexity index is 2950.